The van der Waals surface area contributed by atoms with Gasteiger partial charge in [-0.1, -0.05) is 0 Å². The van der Waals surface area contributed by atoms with Crippen LogP contribution in [-0.2, 0) is 4.74 Å². The van der Waals surface area contributed by atoms with Gasteiger partial charge >= 0.3 is 11.7 Å². The fourth-order valence-electron chi connectivity index (χ4n) is 2.07. The Kier molecular flexibility index (Phi) is 3.65. The second kappa shape index (κ2) is 5.24. The van der Waals surface area contributed by atoms with Gasteiger partial charge in [0.05, 0.1) is 18.0 Å². The lowest BCUT2D eigenvalue weighted by molar-refractivity contribution is 0.168. The number of anilines is 2. The number of nitrogens with two attached hydrogens (primary N) is 1. The van der Waals surface area contributed by atoms with Crippen LogP contribution in [0.1, 0.15) is 18.1 Å². The van der Waals surface area contributed by atoms with Crippen molar-refractivity contribution < 1.29 is 13.9 Å². The Balaban J connectivity index is 2.62. The lowest BCUT2D eigenvalue weighted by atomic mass is 10.0. The van der Waals surface area contributed by atoms with E-state index in [1.165, 1.54) is 6.07 Å². The molecule has 0 aliphatic carbocycles. The lowest BCUT2D eigenvalue weighted by Gasteiger charge is -2.13. The number of benzene rings is 1. The number of hydrogen-bond acceptors (Lipinski definition) is 5. The summed E-state index contributed by atoms with van der Waals surface area (Å²) in [7, 11) is 0. The van der Waals surface area contributed by atoms with Crippen molar-refractivity contribution in [2.24, 2.45) is 0 Å². The number of nitrogens with one attached hydrogen (secondary N) is 1. The first-order valence-corrected chi connectivity index (χ1v) is 6.21. The Morgan fingerprint density at radius 2 is 2.10 bits per heavy atom. The topological polar surface area (TPSA) is 94.6 Å². The van der Waals surface area contributed by atoms with Crippen LogP contribution in [-0.4, -0.2) is 12.7 Å². The maximum absolute atomic E-state index is 11.5. The van der Waals surface area contributed by atoms with Crippen LogP contribution >= 0.6 is 0 Å². The van der Waals surface area contributed by atoms with E-state index < -0.39 is 11.7 Å². The molecule has 0 atom stereocenters. The highest BCUT2D eigenvalue weighted by molar-refractivity contribution is 5.98. The zero-order valence-electron chi connectivity index (χ0n) is 11.6. The zero-order valence-corrected chi connectivity index (χ0v) is 11.6. The predicted octanol–water partition coefficient (Wildman–Crippen LogP) is 2.56. The highest BCUT2D eigenvalue weighted by Gasteiger charge is 2.15. The number of ether oxygens (including phenoxy) is 1. The summed E-state index contributed by atoms with van der Waals surface area (Å²) in [6.07, 6.45) is -0.600. The largest absolute Gasteiger partial charge is 0.450 e. The van der Waals surface area contributed by atoms with Gasteiger partial charge in [0.25, 0.3) is 0 Å². The van der Waals surface area contributed by atoms with Gasteiger partial charge in [0.15, 0.2) is 0 Å². The first-order valence-electron chi connectivity index (χ1n) is 6.21. The van der Waals surface area contributed by atoms with Crippen LogP contribution < -0.4 is 16.7 Å². The van der Waals surface area contributed by atoms with E-state index in [0.29, 0.717) is 22.5 Å². The van der Waals surface area contributed by atoms with Gasteiger partial charge < -0.3 is 14.9 Å². The second-order valence-corrected chi connectivity index (χ2v) is 4.44. The quantitative estimate of drug-likeness (QED) is 0.649. The average molecular weight is 276 g/mol. The van der Waals surface area contributed by atoms with Crippen LogP contribution in [0.25, 0.3) is 11.0 Å². The predicted molar refractivity (Wildman–Crippen MR) is 77.0 cm³/mol. The third kappa shape index (κ3) is 2.45. The third-order valence-corrected chi connectivity index (χ3v) is 3.01. The second-order valence-electron chi connectivity index (χ2n) is 4.44. The summed E-state index contributed by atoms with van der Waals surface area (Å²) in [5, 5.41) is 3.31. The van der Waals surface area contributed by atoms with E-state index >= 15 is 0 Å². The summed E-state index contributed by atoms with van der Waals surface area (Å²) in [5.41, 5.74) is 8.07. The molecule has 0 saturated heterocycles. The Bertz CT molecular complexity index is 734. The van der Waals surface area contributed by atoms with Crippen molar-refractivity contribution in [3.8, 4) is 0 Å². The molecule has 6 heteroatoms. The third-order valence-electron chi connectivity index (χ3n) is 3.01. The summed E-state index contributed by atoms with van der Waals surface area (Å²) in [5.74, 6) is 0. The average Bonchev–Trinajstić information content (AvgIpc) is 2.36. The molecule has 1 amide bonds. The minimum absolute atomic E-state index is 0.257. The molecule has 3 N–H and O–H groups in total. The number of rotatable bonds is 2. The van der Waals surface area contributed by atoms with Crippen LogP contribution in [0.5, 0.6) is 0 Å². The van der Waals surface area contributed by atoms with Crippen molar-refractivity contribution >= 4 is 28.4 Å². The van der Waals surface area contributed by atoms with Gasteiger partial charge in [-0.3, -0.25) is 5.32 Å². The fraction of sp³-hybridized carbons (Fsp3) is 0.286. The van der Waals surface area contributed by atoms with Gasteiger partial charge in [0.2, 0.25) is 0 Å². The monoisotopic (exact) mass is 276 g/mol. The Morgan fingerprint density at radius 3 is 2.75 bits per heavy atom. The van der Waals surface area contributed by atoms with Crippen LogP contribution in [0.15, 0.2) is 21.3 Å². The standard InChI is InChI=1S/C14H16N2O4/c1-4-19-14(18)16-12-8(3)13-9(6-10(12)15)7(2)5-11(17)20-13/h5-6H,4,15H2,1-3H3,(H,16,18). The van der Waals surface area contributed by atoms with Crippen molar-refractivity contribution in [1.29, 1.82) is 0 Å². The Labute approximate surface area is 115 Å². The normalized spacial score (nSPS) is 10.6. The molecule has 1 heterocycles. The fourth-order valence-corrected chi connectivity index (χ4v) is 2.07. The van der Waals surface area contributed by atoms with Crippen molar-refractivity contribution in [3.05, 3.63) is 33.7 Å². The highest BCUT2D eigenvalue weighted by Crippen LogP contribution is 2.32. The molecule has 1 aromatic carbocycles. The van der Waals surface area contributed by atoms with Crippen LogP contribution in [0, 0.1) is 13.8 Å². The highest BCUT2D eigenvalue weighted by atomic mass is 16.5. The molecule has 0 fully saturated rings. The van der Waals surface area contributed by atoms with E-state index in [-0.39, 0.29) is 6.61 Å². The molecule has 0 spiro atoms. The number of fused-ring (bicyclic) bond motifs is 1. The molecule has 0 bridgehead atoms. The molecule has 0 aliphatic rings. The lowest BCUT2D eigenvalue weighted by Crippen LogP contribution is -2.15. The molecular weight excluding hydrogens is 260 g/mol. The summed E-state index contributed by atoms with van der Waals surface area (Å²) in [4.78, 5) is 23.0. The molecule has 0 aliphatic heterocycles. The first-order chi connectivity index (χ1) is 9.43. The minimum Gasteiger partial charge on any atom is -0.450 e. The molecule has 1 aromatic heterocycles. The van der Waals surface area contributed by atoms with E-state index in [0.717, 1.165) is 10.9 Å². The number of carbonyl (C=O) groups excluding carboxylic acids is 1. The maximum atomic E-state index is 11.5. The smallest absolute Gasteiger partial charge is 0.411 e. The van der Waals surface area contributed by atoms with E-state index in [1.807, 2.05) is 0 Å². The molecule has 20 heavy (non-hydrogen) atoms. The van der Waals surface area contributed by atoms with Crippen LogP contribution in [0.2, 0.25) is 0 Å². The van der Waals surface area contributed by atoms with E-state index in [1.54, 1.807) is 26.8 Å². The molecule has 2 rings (SSSR count). The molecule has 2 aromatic rings. The number of amides is 1. The van der Waals surface area contributed by atoms with Gasteiger partial charge in [-0.2, -0.15) is 0 Å². The van der Waals surface area contributed by atoms with E-state index in [4.69, 9.17) is 14.9 Å². The molecular formula is C14H16N2O4. The van der Waals surface area contributed by atoms with Crippen molar-refractivity contribution in [2.75, 3.05) is 17.7 Å². The maximum Gasteiger partial charge on any atom is 0.411 e. The molecule has 0 radical (unpaired) electrons. The number of carbonyl (C=O) groups is 1. The van der Waals surface area contributed by atoms with Gasteiger partial charge in [-0.05, 0) is 32.4 Å². The van der Waals surface area contributed by atoms with Crippen molar-refractivity contribution in [2.45, 2.75) is 20.8 Å². The van der Waals surface area contributed by atoms with Crippen LogP contribution in [0.4, 0.5) is 16.2 Å². The van der Waals surface area contributed by atoms with E-state index in [2.05, 4.69) is 5.32 Å². The Hall–Kier alpha value is -2.50. The first kappa shape index (κ1) is 13.9. The molecule has 6 nitrogen and oxygen atoms in total. The number of aryl methyl sites for hydroxylation is 2. The number of nitrogen functional groups attached to an aromatic ring is 1. The van der Waals surface area contributed by atoms with Crippen molar-refractivity contribution in [1.82, 2.24) is 0 Å². The zero-order chi connectivity index (χ0) is 14.9. The van der Waals surface area contributed by atoms with Gasteiger partial charge in [-0.25, -0.2) is 9.59 Å². The summed E-state index contributed by atoms with van der Waals surface area (Å²) >= 11 is 0. The van der Waals surface area contributed by atoms with Crippen LogP contribution in [0.3, 0.4) is 0 Å². The van der Waals surface area contributed by atoms with Gasteiger partial charge in [0, 0.05) is 17.0 Å². The molecule has 0 unspecified atom stereocenters. The Morgan fingerprint density at radius 1 is 1.40 bits per heavy atom. The van der Waals surface area contributed by atoms with Gasteiger partial charge in [0.1, 0.15) is 5.58 Å². The summed E-state index contributed by atoms with van der Waals surface area (Å²) in [6.45, 7) is 5.49. The molecule has 0 saturated carbocycles. The summed E-state index contributed by atoms with van der Waals surface area (Å²) < 4.78 is 10.0. The van der Waals surface area contributed by atoms with E-state index in [9.17, 15) is 9.59 Å². The van der Waals surface area contributed by atoms with Gasteiger partial charge in [-0.15, -0.1) is 0 Å². The summed E-state index contributed by atoms with van der Waals surface area (Å²) in [6, 6.07) is 3.07. The minimum atomic E-state index is -0.600. The number of hydrogen-bond donors (Lipinski definition) is 2. The van der Waals surface area contributed by atoms with Crippen molar-refractivity contribution in [3.63, 3.8) is 0 Å². The molecule has 106 valence electrons. The SMILES string of the molecule is CCOC(=O)Nc1c(N)cc2c(C)cc(=O)oc2c1C.